The van der Waals surface area contributed by atoms with E-state index in [1.165, 1.54) is 31.5 Å². The van der Waals surface area contributed by atoms with Gasteiger partial charge in [-0.2, -0.15) is 0 Å². The van der Waals surface area contributed by atoms with Crippen LogP contribution in [0.2, 0.25) is 5.02 Å². The predicted molar refractivity (Wildman–Crippen MR) is 79.6 cm³/mol. The van der Waals surface area contributed by atoms with E-state index in [9.17, 15) is 4.79 Å². The van der Waals surface area contributed by atoms with Gasteiger partial charge in [-0.3, -0.25) is 4.90 Å². The Bertz CT molecular complexity index is 481. The summed E-state index contributed by atoms with van der Waals surface area (Å²) in [5.74, 6) is -0.464. The third-order valence-electron chi connectivity index (χ3n) is 3.75. The van der Waals surface area contributed by atoms with Crippen LogP contribution in [0.4, 0.5) is 5.82 Å². The molecule has 0 aliphatic carbocycles. The Labute approximate surface area is 123 Å². The molecule has 2 rings (SSSR count). The van der Waals surface area contributed by atoms with Crippen molar-refractivity contribution in [3.8, 4) is 0 Å². The number of carbonyl (C=O) groups is 1. The van der Waals surface area contributed by atoms with Crippen molar-refractivity contribution >= 4 is 23.4 Å². The van der Waals surface area contributed by atoms with Crippen LogP contribution in [0.5, 0.6) is 0 Å². The summed E-state index contributed by atoms with van der Waals surface area (Å²) in [6.07, 6.45) is 5.01. The van der Waals surface area contributed by atoms with Gasteiger partial charge in [-0.15, -0.1) is 0 Å². The molecule has 2 heterocycles. The number of anilines is 1. The molecule has 1 atom stereocenters. The van der Waals surface area contributed by atoms with Gasteiger partial charge in [0, 0.05) is 18.8 Å². The van der Waals surface area contributed by atoms with Gasteiger partial charge in [0.25, 0.3) is 0 Å². The summed E-state index contributed by atoms with van der Waals surface area (Å²) < 4.78 is 0. The van der Waals surface area contributed by atoms with Gasteiger partial charge < -0.3 is 10.4 Å². The summed E-state index contributed by atoms with van der Waals surface area (Å²) in [6.45, 7) is 5.14. The zero-order valence-electron chi connectivity index (χ0n) is 11.6. The third kappa shape index (κ3) is 3.61. The average Bonchev–Trinajstić information content (AvgIpc) is 2.46. The number of aromatic carboxylic acids is 1. The number of aromatic nitrogens is 1. The van der Waals surface area contributed by atoms with E-state index in [1.54, 1.807) is 0 Å². The van der Waals surface area contributed by atoms with E-state index in [0.29, 0.717) is 16.9 Å². The largest absolute Gasteiger partial charge is 0.478 e. The van der Waals surface area contributed by atoms with Gasteiger partial charge in [0.1, 0.15) is 5.82 Å². The third-order valence-corrected chi connectivity index (χ3v) is 4.04. The number of hydrogen-bond donors (Lipinski definition) is 2. The Kier molecular flexibility index (Phi) is 5.20. The van der Waals surface area contributed by atoms with Crippen LogP contribution < -0.4 is 5.32 Å². The first-order valence-corrected chi connectivity index (χ1v) is 7.36. The molecular weight excluding hydrogens is 278 g/mol. The van der Waals surface area contributed by atoms with E-state index >= 15 is 0 Å². The molecule has 0 radical (unpaired) electrons. The van der Waals surface area contributed by atoms with Gasteiger partial charge in [0.05, 0.1) is 10.6 Å². The van der Waals surface area contributed by atoms with Crippen LogP contribution in [0.3, 0.4) is 0 Å². The highest BCUT2D eigenvalue weighted by Gasteiger charge is 2.21. The van der Waals surface area contributed by atoms with Crippen LogP contribution in [-0.2, 0) is 0 Å². The molecular formula is C14H20ClN3O2. The second kappa shape index (κ2) is 6.90. The second-order valence-electron chi connectivity index (χ2n) is 5.02. The van der Waals surface area contributed by atoms with Crippen molar-refractivity contribution in [3.05, 3.63) is 22.8 Å². The Hall–Kier alpha value is -1.33. The van der Waals surface area contributed by atoms with Crippen LogP contribution in [0.25, 0.3) is 0 Å². The normalized spacial score (nSPS) is 19.8. The lowest BCUT2D eigenvalue weighted by Crippen LogP contribution is -2.43. The molecule has 1 unspecified atom stereocenters. The maximum absolute atomic E-state index is 10.8. The Morgan fingerprint density at radius 1 is 1.60 bits per heavy atom. The van der Waals surface area contributed by atoms with Gasteiger partial charge in [-0.1, -0.05) is 24.9 Å². The average molecular weight is 298 g/mol. The molecule has 2 N–H and O–H groups in total. The van der Waals surface area contributed by atoms with Gasteiger partial charge in [0.2, 0.25) is 0 Å². The van der Waals surface area contributed by atoms with Gasteiger partial charge in [-0.25, -0.2) is 9.78 Å². The molecule has 1 aliphatic rings. The molecule has 6 heteroatoms. The van der Waals surface area contributed by atoms with Crippen molar-refractivity contribution in [2.45, 2.75) is 32.2 Å². The molecule has 0 aromatic carbocycles. The number of nitrogens with one attached hydrogen (secondary N) is 1. The molecule has 0 spiro atoms. The van der Waals surface area contributed by atoms with Crippen molar-refractivity contribution in [1.82, 2.24) is 9.88 Å². The molecule has 0 bridgehead atoms. The first-order chi connectivity index (χ1) is 9.61. The van der Waals surface area contributed by atoms with Crippen molar-refractivity contribution < 1.29 is 9.90 Å². The fourth-order valence-electron chi connectivity index (χ4n) is 2.61. The number of likely N-dealkylation sites (tertiary alicyclic amines) is 1. The van der Waals surface area contributed by atoms with E-state index < -0.39 is 5.97 Å². The molecule has 1 aromatic rings. The van der Waals surface area contributed by atoms with Crippen molar-refractivity contribution in [2.75, 3.05) is 25.0 Å². The van der Waals surface area contributed by atoms with Crippen molar-refractivity contribution in [1.29, 1.82) is 0 Å². The molecule has 0 saturated carbocycles. The summed E-state index contributed by atoms with van der Waals surface area (Å²) in [5, 5.41) is 12.5. The molecule has 1 aliphatic heterocycles. The summed E-state index contributed by atoms with van der Waals surface area (Å²) >= 11 is 6.06. The summed E-state index contributed by atoms with van der Waals surface area (Å²) in [5.41, 5.74) is 0.105. The molecule has 20 heavy (non-hydrogen) atoms. The SMILES string of the molecule is CCN1CCCCC1CNc1ncc(C(=O)O)cc1Cl. The number of carboxylic acid groups (broad SMARTS) is 1. The highest BCUT2D eigenvalue weighted by atomic mass is 35.5. The summed E-state index contributed by atoms with van der Waals surface area (Å²) in [6, 6.07) is 1.92. The van der Waals surface area contributed by atoms with Crippen LogP contribution in [0, 0.1) is 0 Å². The maximum Gasteiger partial charge on any atom is 0.337 e. The number of nitrogens with zero attached hydrogens (tertiary/aromatic N) is 2. The number of pyridine rings is 1. The standard InChI is InChI=1S/C14H20ClN3O2/c1-2-18-6-4-3-5-11(18)9-17-13-12(15)7-10(8-16-13)14(19)20/h7-8,11H,2-6,9H2,1H3,(H,16,17)(H,19,20). The molecule has 0 amide bonds. The monoisotopic (exact) mass is 297 g/mol. The lowest BCUT2D eigenvalue weighted by atomic mass is 10.0. The maximum atomic E-state index is 10.8. The number of rotatable bonds is 5. The fourth-order valence-corrected chi connectivity index (χ4v) is 2.84. The Morgan fingerprint density at radius 3 is 3.05 bits per heavy atom. The Balaban J connectivity index is 1.98. The number of carboxylic acids is 1. The topological polar surface area (TPSA) is 65.5 Å². The lowest BCUT2D eigenvalue weighted by Gasteiger charge is -2.35. The molecule has 5 nitrogen and oxygen atoms in total. The van der Waals surface area contributed by atoms with E-state index in [1.807, 2.05) is 0 Å². The van der Waals surface area contributed by atoms with E-state index in [2.05, 4.69) is 22.1 Å². The van der Waals surface area contributed by atoms with Crippen molar-refractivity contribution in [2.24, 2.45) is 0 Å². The van der Waals surface area contributed by atoms with Crippen LogP contribution in [-0.4, -0.2) is 46.6 Å². The van der Waals surface area contributed by atoms with E-state index in [0.717, 1.165) is 19.6 Å². The first kappa shape index (κ1) is 15.1. The Morgan fingerprint density at radius 2 is 2.40 bits per heavy atom. The molecule has 1 fully saturated rings. The first-order valence-electron chi connectivity index (χ1n) is 6.98. The quantitative estimate of drug-likeness (QED) is 0.875. The second-order valence-corrected chi connectivity index (χ2v) is 5.43. The van der Waals surface area contributed by atoms with Crippen molar-refractivity contribution in [3.63, 3.8) is 0 Å². The van der Waals surface area contributed by atoms with Gasteiger partial charge >= 0.3 is 5.97 Å². The smallest absolute Gasteiger partial charge is 0.337 e. The summed E-state index contributed by atoms with van der Waals surface area (Å²) in [4.78, 5) is 17.4. The minimum absolute atomic E-state index is 0.105. The molecule has 110 valence electrons. The number of halogens is 1. The molecule has 1 saturated heterocycles. The fraction of sp³-hybridized carbons (Fsp3) is 0.571. The zero-order chi connectivity index (χ0) is 14.5. The van der Waals surface area contributed by atoms with E-state index in [-0.39, 0.29) is 5.56 Å². The van der Waals surface area contributed by atoms with Crippen LogP contribution >= 0.6 is 11.6 Å². The number of piperidine rings is 1. The lowest BCUT2D eigenvalue weighted by molar-refractivity contribution is 0.0696. The van der Waals surface area contributed by atoms with Gasteiger partial charge in [0.15, 0.2) is 0 Å². The van der Waals surface area contributed by atoms with Crippen LogP contribution in [0.1, 0.15) is 36.5 Å². The van der Waals surface area contributed by atoms with E-state index in [4.69, 9.17) is 16.7 Å². The highest BCUT2D eigenvalue weighted by molar-refractivity contribution is 6.33. The van der Waals surface area contributed by atoms with Gasteiger partial charge in [-0.05, 0) is 32.0 Å². The number of likely N-dealkylation sites (N-methyl/N-ethyl adjacent to an activating group) is 1. The highest BCUT2D eigenvalue weighted by Crippen LogP contribution is 2.22. The molecule has 1 aromatic heterocycles. The number of hydrogen-bond acceptors (Lipinski definition) is 4. The van der Waals surface area contributed by atoms with Crippen LogP contribution in [0.15, 0.2) is 12.3 Å². The predicted octanol–water partition coefficient (Wildman–Crippen LogP) is 2.72. The summed E-state index contributed by atoms with van der Waals surface area (Å²) in [7, 11) is 0. The minimum Gasteiger partial charge on any atom is -0.478 e. The minimum atomic E-state index is -1.02. The zero-order valence-corrected chi connectivity index (χ0v) is 12.4.